The molecule has 2 aliphatic rings. The van der Waals surface area contributed by atoms with E-state index in [1.807, 2.05) is 24.3 Å². The van der Waals surface area contributed by atoms with Crippen LogP contribution in [0.4, 0.5) is 10.5 Å². The maximum atomic E-state index is 12.8. The van der Waals surface area contributed by atoms with Crippen LogP contribution in [0.5, 0.6) is 0 Å². The summed E-state index contributed by atoms with van der Waals surface area (Å²) in [7, 11) is 1.73. The minimum absolute atomic E-state index is 0.110. The van der Waals surface area contributed by atoms with Crippen LogP contribution in [-0.2, 0) is 9.59 Å². The number of hydrogen-bond acceptors (Lipinski definition) is 3. The maximum Gasteiger partial charge on any atom is 0.325 e. The van der Waals surface area contributed by atoms with E-state index in [0.29, 0.717) is 18.8 Å². The second-order valence-corrected chi connectivity index (χ2v) is 7.98. The van der Waals surface area contributed by atoms with Gasteiger partial charge in [-0.05, 0) is 36.5 Å². The third kappa shape index (κ3) is 3.84. The summed E-state index contributed by atoms with van der Waals surface area (Å²) in [4.78, 5) is 40.5. The molecule has 2 fully saturated rings. The minimum atomic E-state index is -0.726. The number of nitrogens with zero attached hydrogens (tertiary/aromatic N) is 2. The van der Waals surface area contributed by atoms with Crippen LogP contribution in [0.1, 0.15) is 63.9 Å². The quantitative estimate of drug-likeness (QED) is 0.806. The molecule has 0 atom stereocenters. The maximum absolute atomic E-state index is 12.8. The number of benzene rings is 1. The van der Waals surface area contributed by atoms with Crippen molar-refractivity contribution >= 4 is 23.5 Å². The van der Waals surface area contributed by atoms with Crippen molar-refractivity contribution in [2.24, 2.45) is 0 Å². The average Bonchev–Trinajstić information content (AvgIpc) is 2.89. The van der Waals surface area contributed by atoms with E-state index in [2.05, 4.69) is 19.2 Å². The first-order valence-corrected chi connectivity index (χ1v) is 9.85. The first-order chi connectivity index (χ1) is 12.8. The van der Waals surface area contributed by atoms with E-state index in [-0.39, 0.29) is 30.8 Å². The van der Waals surface area contributed by atoms with E-state index in [4.69, 9.17) is 0 Å². The van der Waals surface area contributed by atoms with Crippen molar-refractivity contribution in [3.63, 3.8) is 0 Å². The summed E-state index contributed by atoms with van der Waals surface area (Å²) in [6.45, 7) is 4.35. The summed E-state index contributed by atoms with van der Waals surface area (Å²) in [5.41, 5.74) is 1.27. The highest BCUT2D eigenvalue weighted by Crippen LogP contribution is 2.33. The fourth-order valence-electron chi connectivity index (χ4n) is 3.99. The summed E-state index contributed by atoms with van der Waals surface area (Å²) < 4.78 is 0. The monoisotopic (exact) mass is 371 g/mol. The van der Waals surface area contributed by atoms with Crippen LogP contribution < -0.4 is 10.2 Å². The van der Waals surface area contributed by atoms with Gasteiger partial charge in [-0.15, -0.1) is 0 Å². The van der Waals surface area contributed by atoms with E-state index in [0.717, 1.165) is 24.9 Å². The van der Waals surface area contributed by atoms with E-state index < -0.39 is 5.54 Å². The second kappa shape index (κ2) is 7.71. The highest BCUT2D eigenvalue weighted by atomic mass is 16.2. The summed E-state index contributed by atoms with van der Waals surface area (Å²) >= 11 is 0. The van der Waals surface area contributed by atoms with Crippen molar-refractivity contribution < 1.29 is 14.4 Å². The lowest BCUT2D eigenvalue weighted by molar-refractivity contribution is -0.132. The first-order valence-electron chi connectivity index (χ1n) is 9.85. The van der Waals surface area contributed by atoms with E-state index in [1.54, 1.807) is 11.9 Å². The summed E-state index contributed by atoms with van der Waals surface area (Å²) in [6.07, 6.45) is 4.52. The van der Waals surface area contributed by atoms with Crippen LogP contribution in [0.25, 0.3) is 0 Å². The lowest BCUT2D eigenvalue weighted by Crippen LogP contribution is -2.48. The molecule has 0 aromatic heterocycles. The molecule has 0 bridgehead atoms. The second-order valence-electron chi connectivity index (χ2n) is 7.98. The van der Waals surface area contributed by atoms with Gasteiger partial charge in [-0.2, -0.15) is 0 Å². The van der Waals surface area contributed by atoms with Gasteiger partial charge in [0.1, 0.15) is 5.54 Å². The van der Waals surface area contributed by atoms with Gasteiger partial charge in [0.15, 0.2) is 0 Å². The van der Waals surface area contributed by atoms with Gasteiger partial charge in [0, 0.05) is 25.7 Å². The molecule has 6 nitrogen and oxygen atoms in total. The van der Waals surface area contributed by atoms with Crippen LogP contribution in [0.3, 0.4) is 0 Å². The van der Waals surface area contributed by atoms with Crippen molar-refractivity contribution in [3.05, 3.63) is 29.8 Å². The average molecular weight is 371 g/mol. The predicted molar refractivity (Wildman–Crippen MR) is 105 cm³/mol. The Morgan fingerprint density at radius 3 is 2.59 bits per heavy atom. The van der Waals surface area contributed by atoms with Crippen molar-refractivity contribution in [3.8, 4) is 0 Å². The Balaban J connectivity index is 1.62. The third-order valence-electron chi connectivity index (χ3n) is 5.80. The van der Waals surface area contributed by atoms with Gasteiger partial charge >= 0.3 is 6.03 Å². The summed E-state index contributed by atoms with van der Waals surface area (Å²) in [6, 6.07) is 7.53. The normalized spacial score (nSPS) is 18.9. The van der Waals surface area contributed by atoms with Crippen LogP contribution in [-0.4, -0.2) is 41.9 Å². The molecule has 1 aromatic carbocycles. The minimum Gasteiger partial charge on any atom is -0.323 e. The SMILES string of the molecule is CC(C)c1cccc(N(C)C(=O)CCN2C(=O)NC3(CCCCC3)C2=O)c1. The smallest absolute Gasteiger partial charge is 0.323 e. The summed E-state index contributed by atoms with van der Waals surface area (Å²) in [5.74, 6) is 0.108. The van der Waals surface area contributed by atoms with Gasteiger partial charge in [-0.3, -0.25) is 14.5 Å². The largest absolute Gasteiger partial charge is 0.325 e. The zero-order valence-electron chi connectivity index (χ0n) is 16.5. The van der Waals surface area contributed by atoms with Crippen molar-refractivity contribution in [2.75, 3.05) is 18.5 Å². The van der Waals surface area contributed by atoms with Gasteiger partial charge in [0.05, 0.1) is 0 Å². The topological polar surface area (TPSA) is 69.7 Å². The Kier molecular flexibility index (Phi) is 5.53. The van der Waals surface area contributed by atoms with E-state index in [9.17, 15) is 14.4 Å². The molecule has 1 heterocycles. The number of rotatable bonds is 5. The molecule has 27 heavy (non-hydrogen) atoms. The van der Waals surface area contributed by atoms with Gasteiger partial charge in [0.2, 0.25) is 5.91 Å². The fraction of sp³-hybridized carbons (Fsp3) is 0.571. The molecular weight excluding hydrogens is 342 g/mol. The highest BCUT2D eigenvalue weighted by molar-refractivity contribution is 6.07. The zero-order chi connectivity index (χ0) is 19.6. The Morgan fingerprint density at radius 1 is 1.22 bits per heavy atom. The van der Waals surface area contributed by atoms with Crippen molar-refractivity contribution in [1.82, 2.24) is 10.2 Å². The standard InChI is InChI=1S/C21H29N3O3/c1-15(2)16-8-7-9-17(14-16)23(3)18(25)10-13-24-19(26)21(22-20(24)27)11-5-4-6-12-21/h7-9,14-15H,4-6,10-13H2,1-3H3,(H,22,27). The van der Waals surface area contributed by atoms with Crippen molar-refractivity contribution in [2.45, 2.75) is 63.8 Å². The number of carbonyl (C=O) groups excluding carboxylic acids is 3. The number of hydrogen-bond donors (Lipinski definition) is 1. The fourth-order valence-corrected chi connectivity index (χ4v) is 3.99. The van der Waals surface area contributed by atoms with Gasteiger partial charge in [0.25, 0.3) is 5.91 Å². The number of carbonyl (C=O) groups is 3. The molecule has 1 N–H and O–H groups in total. The zero-order valence-corrected chi connectivity index (χ0v) is 16.5. The van der Waals surface area contributed by atoms with Crippen LogP contribution in [0, 0.1) is 0 Å². The van der Waals surface area contributed by atoms with E-state index in [1.165, 1.54) is 10.5 Å². The predicted octanol–water partition coefficient (Wildman–Crippen LogP) is 3.42. The van der Waals surface area contributed by atoms with Gasteiger partial charge < -0.3 is 10.2 Å². The number of anilines is 1. The van der Waals surface area contributed by atoms with Gasteiger partial charge in [-0.1, -0.05) is 45.2 Å². The molecule has 1 aliphatic heterocycles. The molecule has 6 heteroatoms. The molecule has 146 valence electrons. The Bertz CT molecular complexity index is 738. The first kappa shape index (κ1) is 19.4. The number of imide groups is 1. The number of urea groups is 1. The Hall–Kier alpha value is -2.37. The Labute approximate surface area is 160 Å². The molecular formula is C21H29N3O3. The third-order valence-corrected chi connectivity index (χ3v) is 5.80. The molecule has 1 spiro atoms. The van der Waals surface area contributed by atoms with Crippen molar-refractivity contribution in [1.29, 1.82) is 0 Å². The molecule has 1 aliphatic carbocycles. The lowest BCUT2D eigenvalue weighted by atomic mass is 9.82. The molecule has 0 radical (unpaired) electrons. The van der Waals surface area contributed by atoms with Crippen LogP contribution in [0.15, 0.2) is 24.3 Å². The molecule has 1 saturated heterocycles. The molecule has 4 amide bonds. The Morgan fingerprint density at radius 2 is 1.93 bits per heavy atom. The van der Waals surface area contributed by atoms with Crippen LogP contribution in [0.2, 0.25) is 0 Å². The number of nitrogens with one attached hydrogen (secondary N) is 1. The van der Waals surface area contributed by atoms with Crippen LogP contribution >= 0.6 is 0 Å². The lowest BCUT2D eigenvalue weighted by Gasteiger charge is -2.30. The van der Waals surface area contributed by atoms with E-state index >= 15 is 0 Å². The molecule has 3 rings (SSSR count). The summed E-state index contributed by atoms with van der Waals surface area (Å²) in [5, 5.41) is 2.89. The number of amides is 4. The molecule has 0 unspecified atom stereocenters. The van der Waals surface area contributed by atoms with Gasteiger partial charge in [-0.25, -0.2) is 4.79 Å². The molecule has 1 saturated carbocycles. The molecule has 1 aromatic rings. The highest BCUT2D eigenvalue weighted by Gasteiger charge is 2.51.